The molecule has 0 aliphatic carbocycles. The van der Waals surface area contributed by atoms with Gasteiger partial charge in [-0.25, -0.2) is 4.98 Å². The van der Waals surface area contributed by atoms with Crippen LogP contribution in [0.2, 0.25) is 10.3 Å². The molecule has 13 heteroatoms. The van der Waals surface area contributed by atoms with Crippen LogP contribution >= 0.6 is 35.0 Å². The van der Waals surface area contributed by atoms with Crippen LogP contribution in [0.4, 0.5) is 9.18 Å². The van der Waals surface area contributed by atoms with E-state index in [4.69, 9.17) is 42.1 Å². The molecule has 0 bridgehead atoms. The van der Waals surface area contributed by atoms with Crippen molar-refractivity contribution in [2.24, 2.45) is 0 Å². The molecule has 0 spiro atoms. The number of nitrogens with zero attached hydrogens (tertiary/aromatic N) is 3. The summed E-state index contributed by atoms with van der Waals surface area (Å²) in [6.07, 6.45) is 2.45. The van der Waals surface area contributed by atoms with Gasteiger partial charge in [-0.15, -0.1) is 0 Å². The van der Waals surface area contributed by atoms with Crippen molar-refractivity contribution in [1.29, 1.82) is 0 Å². The van der Waals surface area contributed by atoms with Crippen molar-refractivity contribution in [2.75, 3.05) is 13.4 Å². The van der Waals surface area contributed by atoms with Crippen LogP contribution in [0.5, 0.6) is 28.9 Å². The molecule has 0 N–H and O–H groups in total. The molecule has 0 atom stereocenters. The number of rotatable bonds is 7. The Hall–Kier alpha value is -3.54. The molecule has 0 saturated carbocycles. The number of amides is 2. The summed E-state index contributed by atoms with van der Waals surface area (Å²) in [7, 11) is 0. The molecular weight excluding hydrogens is 548 g/mol. The summed E-state index contributed by atoms with van der Waals surface area (Å²) in [5.41, 5.74) is 1.11. The van der Waals surface area contributed by atoms with E-state index in [0.29, 0.717) is 34.3 Å². The van der Waals surface area contributed by atoms with Crippen LogP contribution in [0.15, 0.2) is 41.4 Å². The monoisotopic (exact) mass is 563 g/mol. The van der Waals surface area contributed by atoms with Crippen molar-refractivity contribution < 1.29 is 32.9 Å². The Kier molecular flexibility index (Phi) is 7.09. The number of hydrogen-bond acceptors (Lipinski definition) is 9. The Balaban J connectivity index is 1.37. The number of thioether (sulfide) groups is 1. The van der Waals surface area contributed by atoms with E-state index in [1.807, 2.05) is 0 Å². The summed E-state index contributed by atoms with van der Waals surface area (Å²) in [4.78, 5) is 34.3. The van der Waals surface area contributed by atoms with Gasteiger partial charge in [0.05, 0.1) is 24.3 Å². The third kappa shape index (κ3) is 5.29. The van der Waals surface area contributed by atoms with Gasteiger partial charge in [0.25, 0.3) is 17.0 Å². The fourth-order valence-electron chi connectivity index (χ4n) is 3.51. The molecule has 1 fully saturated rings. The largest absolute Gasteiger partial charge is 0.490 e. The van der Waals surface area contributed by atoms with Crippen LogP contribution in [0.25, 0.3) is 6.08 Å². The van der Waals surface area contributed by atoms with E-state index in [-0.39, 0.29) is 40.9 Å². The van der Waals surface area contributed by atoms with Gasteiger partial charge in [-0.2, -0.15) is 9.37 Å². The zero-order valence-electron chi connectivity index (χ0n) is 19.0. The number of ether oxygens (including phenoxy) is 4. The zero-order chi connectivity index (χ0) is 26.1. The topological polar surface area (TPSA) is 100 Å². The van der Waals surface area contributed by atoms with Gasteiger partial charge >= 0.3 is 0 Å². The zero-order valence-corrected chi connectivity index (χ0v) is 21.3. The first kappa shape index (κ1) is 25.1. The summed E-state index contributed by atoms with van der Waals surface area (Å²) in [5.74, 6) is -0.179. The van der Waals surface area contributed by atoms with Crippen LogP contribution in [-0.2, 0) is 11.3 Å². The predicted octanol–water partition coefficient (Wildman–Crippen LogP) is 6.08. The van der Waals surface area contributed by atoms with Crippen LogP contribution in [0.3, 0.4) is 0 Å². The van der Waals surface area contributed by atoms with Crippen molar-refractivity contribution >= 4 is 52.2 Å². The maximum atomic E-state index is 14.0. The number of carbonyl (C=O) groups is 2. The lowest BCUT2D eigenvalue weighted by molar-refractivity contribution is -0.123. The van der Waals surface area contributed by atoms with E-state index in [1.165, 1.54) is 6.07 Å². The first-order valence-corrected chi connectivity index (χ1v) is 12.4. The summed E-state index contributed by atoms with van der Waals surface area (Å²) in [6, 6.07) is 8.00. The molecular formula is C24H16Cl2FN3O6S. The Morgan fingerprint density at radius 3 is 2.73 bits per heavy atom. The normalized spacial score (nSPS) is 15.6. The van der Waals surface area contributed by atoms with Gasteiger partial charge in [0, 0.05) is 11.1 Å². The number of halogens is 3. The lowest BCUT2D eigenvalue weighted by atomic mass is 10.1. The lowest BCUT2D eigenvalue weighted by Gasteiger charge is -2.14. The fraction of sp³-hybridized carbons (Fsp3) is 0.167. The molecule has 3 aromatic rings. The molecule has 2 aliphatic heterocycles. The summed E-state index contributed by atoms with van der Waals surface area (Å²) in [6.45, 7) is 2.11. The van der Waals surface area contributed by atoms with E-state index in [0.717, 1.165) is 22.9 Å². The number of carbonyl (C=O) groups excluding carboxylic acids is 2. The molecule has 2 amide bonds. The second-order valence-electron chi connectivity index (χ2n) is 7.60. The van der Waals surface area contributed by atoms with E-state index in [9.17, 15) is 14.0 Å². The highest BCUT2D eigenvalue weighted by atomic mass is 35.5. The molecule has 0 unspecified atom stereocenters. The van der Waals surface area contributed by atoms with Gasteiger partial charge in [-0.05, 0) is 65.7 Å². The molecule has 9 nitrogen and oxygen atoms in total. The standard InChI is InChI=1S/C24H16Cl2FN3O6S/c1-2-33-17-5-12(3-4-16(17)36-21-15(27)9-28-23(26)29-21)6-20-22(31)30(24(32)37-20)10-13-7-18-19(8-14(13)25)35-11-34-18/h3-9H,2,10-11H2,1H3. The number of hydrogen-bond donors (Lipinski definition) is 0. The number of fused-ring (bicyclic) bond motifs is 1. The molecule has 0 radical (unpaired) electrons. The smallest absolute Gasteiger partial charge is 0.293 e. The Morgan fingerprint density at radius 2 is 1.95 bits per heavy atom. The maximum absolute atomic E-state index is 14.0. The van der Waals surface area contributed by atoms with Crippen molar-refractivity contribution in [1.82, 2.24) is 14.9 Å². The van der Waals surface area contributed by atoms with Crippen molar-refractivity contribution in [3.8, 4) is 28.9 Å². The lowest BCUT2D eigenvalue weighted by Crippen LogP contribution is -2.27. The summed E-state index contributed by atoms with van der Waals surface area (Å²) < 4.78 is 35.8. The summed E-state index contributed by atoms with van der Waals surface area (Å²) >= 11 is 12.9. The average molecular weight is 564 g/mol. The van der Waals surface area contributed by atoms with Crippen LogP contribution in [-0.4, -0.2) is 39.4 Å². The van der Waals surface area contributed by atoms with Gasteiger partial charge in [-0.3, -0.25) is 14.5 Å². The minimum atomic E-state index is -0.799. The van der Waals surface area contributed by atoms with Gasteiger partial charge in [-0.1, -0.05) is 17.7 Å². The molecule has 5 rings (SSSR count). The Morgan fingerprint density at radius 1 is 1.16 bits per heavy atom. The second kappa shape index (κ2) is 10.4. The van der Waals surface area contributed by atoms with Crippen LogP contribution in [0, 0.1) is 5.82 Å². The molecule has 2 aromatic carbocycles. The Labute approximate surface area is 224 Å². The SMILES string of the molecule is CCOc1cc(C=C2SC(=O)N(Cc3cc4c(cc3Cl)OCO4)C2=O)ccc1Oc1nc(Cl)ncc1F. The highest BCUT2D eigenvalue weighted by Crippen LogP contribution is 2.40. The van der Waals surface area contributed by atoms with Crippen LogP contribution in [0.1, 0.15) is 18.1 Å². The minimum absolute atomic E-state index is 0.0263. The minimum Gasteiger partial charge on any atom is -0.490 e. The third-order valence-corrected chi connectivity index (χ3v) is 6.64. The van der Waals surface area contributed by atoms with Gasteiger partial charge in [0.15, 0.2) is 23.0 Å². The van der Waals surface area contributed by atoms with E-state index >= 15 is 0 Å². The van der Waals surface area contributed by atoms with Gasteiger partial charge in [0.2, 0.25) is 17.9 Å². The van der Waals surface area contributed by atoms with Crippen molar-refractivity contribution in [2.45, 2.75) is 13.5 Å². The molecule has 2 aliphatic rings. The van der Waals surface area contributed by atoms with Crippen molar-refractivity contribution in [3.05, 3.63) is 68.7 Å². The first-order chi connectivity index (χ1) is 17.8. The Bertz CT molecular complexity index is 1450. The second-order valence-corrected chi connectivity index (χ2v) is 9.34. The first-order valence-electron chi connectivity index (χ1n) is 10.8. The highest BCUT2D eigenvalue weighted by Gasteiger charge is 2.36. The predicted molar refractivity (Wildman–Crippen MR) is 134 cm³/mol. The quantitative estimate of drug-likeness (QED) is 0.250. The van der Waals surface area contributed by atoms with Gasteiger partial charge in [0.1, 0.15) is 0 Å². The highest BCUT2D eigenvalue weighted by molar-refractivity contribution is 8.18. The number of aromatic nitrogens is 2. The molecule has 3 heterocycles. The fourth-order valence-corrected chi connectivity index (χ4v) is 4.69. The molecule has 1 aromatic heterocycles. The van der Waals surface area contributed by atoms with E-state index in [1.54, 1.807) is 37.3 Å². The van der Waals surface area contributed by atoms with Crippen molar-refractivity contribution in [3.63, 3.8) is 0 Å². The molecule has 37 heavy (non-hydrogen) atoms. The number of benzene rings is 2. The number of imide groups is 1. The summed E-state index contributed by atoms with van der Waals surface area (Å²) in [5, 5.41) is -0.263. The molecule has 1 saturated heterocycles. The van der Waals surface area contributed by atoms with Crippen LogP contribution < -0.4 is 18.9 Å². The van der Waals surface area contributed by atoms with E-state index in [2.05, 4.69) is 9.97 Å². The maximum Gasteiger partial charge on any atom is 0.293 e. The molecule has 190 valence electrons. The van der Waals surface area contributed by atoms with E-state index < -0.39 is 17.0 Å². The average Bonchev–Trinajstić information content (AvgIpc) is 3.42. The third-order valence-electron chi connectivity index (χ3n) is 5.20. The van der Waals surface area contributed by atoms with Gasteiger partial charge < -0.3 is 18.9 Å².